The Bertz CT molecular complexity index is 643. The van der Waals surface area contributed by atoms with Crippen LogP contribution in [0.3, 0.4) is 0 Å². The molecule has 4 aliphatic carbocycles. The molecule has 7 atom stereocenters. The highest BCUT2D eigenvalue weighted by Gasteiger charge is 2.58. The summed E-state index contributed by atoms with van der Waals surface area (Å²) in [7, 11) is 0. The van der Waals surface area contributed by atoms with Crippen LogP contribution in [0.25, 0.3) is 0 Å². The number of rotatable bonds is 2. The molecule has 0 amide bonds. The Balaban J connectivity index is 1.53. The summed E-state index contributed by atoms with van der Waals surface area (Å²) in [6, 6.07) is 0. The summed E-state index contributed by atoms with van der Waals surface area (Å²) in [6.45, 7) is 12.3. The lowest BCUT2D eigenvalue weighted by Crippen LogP contribution is -2.50. The van der Waals surface area contributed by atoms with Gasteiger partial charge in [0.05, 0.1) is 0 Å². The first-order valence-electron chi connectivity index (χ1n) is 12.0. The monoisotopic (exact) mass is 366 g/mol. The molecule has 3 fully saturated rings. The Kier molecular flexibility index (Phi) is 5.29. The molecule has 3 saturated carbocycles. The van der Waals surface area contributed by atoms with Gasteiger partial charge in [0.1, 0.15) is 0 Å². The maximum absolute atomic E-state index is 3.51. The van der Waals surface area contributed by atoms with Gasteiger partial charge in [0.15, 0.2) is 0 Å². The number of fused-ring (bicyclic) bond motifs is 5. The van der Waals surface area contributed by atoms with E-state index in [1.807, 2.05) is 5.57 Å². The fourth-order valence-electron chi connectivity index (χ4n) is 8.24. The molecule has 0 N–H and O–H groups in total. The van der Waals surface area contributed by atoms with Crippen molar-refractivity contribution < 1.29 is 0 Å². The highest BCUT2D eigenvalue weighted by molar-refractivity contribution is 5.24. The third-order valence-electron chi connectivity index (χ3n) is 9.59. The molecule has 0 aliphatic heterocycles. The second-order valence-corrected chi connectivity index (χ2v) is 11.4. The van der Waals surface area contributed by atoms with Gasteiger partial charge in [-0.15, -0.1) is 11.8 Å². The van der Waals surface area contributed by atoms with Crippen LogP contribution in [0, 0.1) is 58.2 Å². The topological polar surface area (TPSA) is 0 Å². The zero-order valence-corrected chi connectivity index (χ0v) is 18.6. The van der Waals surface area contributed by atoms with E-state index in [1.54, 1.807) is 0 Å². The largest absolute Gasteiger partial charge is 0.103 e. The first-order valence-corrected chi connectivity index (χ1v) is 12.0. The van der Waals surface area contributed by atoms with Crippen molar-refractivity contribution in [2.45, 2.75) is 98.8 Å². The first kappa shape index (κ1) is 19.6. The van der Waals surface area contributed by atoms with E-state index in [9.17, 15) is 0 Å². The van der Waals surface area contributed by atoms with Crippen molar-refractivity contribution in [2.75, 3.05) is 0 Å². The minimum absolute atomic E-state index is 0.513. The number of allylic oxidation sites excluding steroid dienone is 2. The zero-order valence-electron chi connectivity index (χ0n) is 18.6. The fourth-order valence-corrected chi connectivity index (χ4v) is 8.24. The van der Waals surface area contributed by atoms with Gasteiger partial charge in [-0.05, 0) is 91.8 Å². The quantitative estimate of drug-likeness (QED) is 0.348. The SMILES string of the molecule is CC(C)C#CC[C@@H](C)[C@H]1CC[C@H]2[C@@H]3CC=C4CCCC[C@]4(C)[C@H]3CC[C@]12C. The van der Waals surface area contributed by atoms with Crippen LogP contribution >= 0.6 is 0 Å². The molecule has 0 unspecified atom stereocenters. The van der Waals surface area contributed by atoms with Crippen LogP contribution in [0.5, 0.6) is 0 Å². The number of hydrogen-bond donors (Lipinski definition) is 0. The van der Waals surface area contributed by atoms with E-state index < -0.39 is 0 Å². The van der Waals surface area contributed by atoms with Gasteiger partial charge in [-0.3, -0.25) is 0 Å². The van der Waals surface area contributed by atoms with Crippen LogP contribution in [0.2, 0.25) is 0 Å². The van der Waals surface area contributed by atoms with Crippen molar-refractivity contribution >= 4 is 0 Å². The summed E-state index contributed by atoms with van der Waals surface area (Å²) >= 11 is 0. The average molecular weight is 367 g/mol. The third-order valence-corrected chi connectivity index (χ3v) is 9.59. The molecule has 27 heavy (non-hydrogen) atoms. The van der Waals surface area contributed by atoms with Gasteiger partial charge in [-0.2, -0.15) is 0 Å². The van der Waals surface area contributed by atoms with Gasteiger partial charge < -0.3 is 0 Å². The van der Waals surface area contributed by atoms with Crippen LogP contribution in [0.15, 0.2) is 11.6 Å². The molecule has 0 saturated heterocycles. The van der Waals surface area contributed by atoms with Crippen molar-refractivity contribution in [2.24, 2.45) is 46.3 Å². The lowest BCUT2D eigenvalue weighted by atomic mass is 9.47. The number of hydrogen-bond acceptors (Lipinski definition) is 0. The molecular formula is C27H42. The molecule has 0 nitrogen and oxygen atoms in total. The highest BCUT2D eigenvalue weighted by atomic mass is 14.6. The normalized spacial score (nSPS) is 44.4. The van der Waals surface area contributed by atoms with Crippen LogP contribution in [-0.2, 0) is 0 Å². The Labute approximate surface area is 169 Å². The molecule has 4 rings (SSSR count). The van der Waals surface area contributed by atoms with Gasteiger partial charge >= 0.3 is 0 Å². The average Bonchev–Trinajstić information content (AvgIpc) is 2.98. The molecule has 0 heteroatoms. The molecule has 0 aromatic rings. The van der Waals surface area contributed by atoms with Crippen molar-refractivity contribution in [3.05, 3.63) is 11.6 Å². The summed E-state index contributed by atoms with van der Waals surface area (Å²) in [5.41, 5.74) is 2.98. The van der Waals surface area contributed by atoms with Crippen LogP contribution in [-0.4, -0.2) is 0 Å². The van der Waals surface area contributed by atoms with Gasteiger partial charge in [-0.25, -0.2) is 0 Å². The minimum atomic E-state index is 0.513. The van der Waals surface area contributed by atoms with E-state index in [-0.39, 0.29) is 0 Å². The van der Waals surface area contributed by atoms with E-state index in [4.69, 9.17) is 0 Å². The maximum atomic E-state index is 3.51. The van der Waals surface area contributed by atoms with Crippen LogP contribution in [0.4, 0.5) is 0 Å². The van der Waals surface area contributed by atoms with E-state index in [1.165, 1.54) is 57.8 Å². The molecule has 4 aliphatic rings. The van der Waals surface area contributed by atoms with Gasteiger partial charge in [0.25, 0.3) is 0 Å². The highest BCUT2D eigenvalue weighted by Crippen LogP contribution is 2.67. The third kappa shape index (κ3) is 3.22. The lowest BCUT2D eigenvalue weighted by molar-refractivity contribution is -0.0489. The predicted octanol–water partition coefficient (Wildman–Crippen LogP) is 7.64. The lowest BCUT2D eigenvalue weighted by Gasteiger charge is -2.58. The van der Waals surface area contributed by atoms with Crippen molar-refractivity contribution in [3.63, 3.8) is 0 Å². The van der Waals surface area contributed by atoms with Gasteiger partial charge in [0, 0.05) is 12.3 Å². The van der Waals surface area contributed by atoms with E-state index in [2.05, 4.69) is 52.5 Å². The Morgan fingerprint density at radius 2 is 1.85 bits per heavy atom. The van der Waals surface area contributed by atoms with Gasteiger partial charge in [-0.1, -0.05) is 52.7 Å². The molecule has 0 aromatic heterocycles. The molecule has 0 heterocycles. The molecule has 0 aromatic carbocycles. The van der Waals surface area contributed by atoms with Crippen molar-refractivity contribution in [1.29, 1.82) is 0 Å². The van der Waals surface area contributed by atoms with Crippen molar-refractivity contribution in [3.8, 4) is 11.8 Å². The van der Waals surface area contributed by atoms with Crippen molar-refractivity contribution in [1.82, 2.24) is 0 Å². The molecule has 0 bridgehead atoms. The minimum Gasteiger partial charge on any atom is -0.103 e. The molecule has 0 spiro atoms. The smallest absolute Gasteiger partial charge is 0.0146 e. The van der Waals surface area contributed by atoms with Gasteiger partial charge in [0.2, 0.25) is 0 Å². The second kappa shape index (κ2) is 7.28. The fraction of sp³-hybridized carbons (Fsp3) is 0.852. The summed E-state index contributed by atoms with van der Waals surface area (Å²) in [4.78, 5) is 0. The van der Waals surface area contributed by atoms with Crippen LogP contribution < -0.4 is 0 Å². The summed E-state index contributed by atoms with van der Waals surface area (Å²) in [5.74, 6) is 12.0. The summed E-state index contributed by atoms with van der Waals surface area (Å²) in [5, 5.41) is 0. The zero-order chi connectivity index (χ0) is 19.2. The Hall–Kier alpha value is -0.700. The first-order chi connectivity index (χ1) is 12.9. The predicted molar refractivity (Wildman–Crippen MR) is 116 cm³/mol. The second-order valence-electron chi connectivity index (χ2n) is 11.4. The standard InChI is InChI=1S/C27H42/c1-19(2)9-8-10-20(3)23-14-15-24-22-13-12-21-11-6-7-17-26(21,4)25(22)16-18-27(23,24)5/h12,19-20,22-25H,6-7,10-11,13-18H2,1-5H3/t20-,22+,23-,24+,25+,26+,27-/m1/s1. The molecule has 0 radical (unpaired) electrons. The summed E-state index contributed by atoms with van der Waals surface area (Å²) in [6.07, 6.45) is 16.9. The Morgan fingerprint density at radius 3 is 2.63 bits per heavy atom. The molecule has 150 valence electrons. The summed E-state index contributed by atoms with van der Waals surface area (Å²) < 4.78 is 0. The molecular weight excluding hydrogens is 324 g/mol. The maximum Gasteiger partial charge on any atom is 0.0146 e. The van der Waals surface area contributed by atoms with E-state index >= 15 is 0 Å². The Morgan fingerprint density at radius 1 is 1.04 bits per heavy atom. The van der Waals surface area contributed by atoms with E-state index in [0.29, 0.717) is 16.7 Å². The van der Waals surface area contributed by atoms with E-state index in [0.717, 1.165) is 36.0 Å². The van der Waals surface area contributed by atoms with Crippen LogP contribution in [0.1, 0.15) is 98.8 Å².